The number of hydrogen-bond donors (Lipinski definition) is 2. The number of fused-ring (bicyclic) bond motifs is 1. The molecule has 23 heavy (non-hydrogen) atoms. The van der Waals surface area contributed by atoms with Crippen LogP contribution in [0.1, 0.15) is 26.2 Å². The number of benzene rings is 2. The standard InChI is InChI=1S/C18H18N2O2S/c1-2-3-8-17(22)19-12-9-10-15(21)13(11-12)18-20-14-6-4-5-7-16(14)23-18/h4-7,9-11,21H,2-3,8H2,1H3,(H,19,22). The molecule has 0 fully saturated rings. The van der Waals surface area contributed by atoms with Gasteiger partial charge in [0.2, 0.25) is 5.91 Å². The number of carbonyl (C=O) groups is 1. The van der Waals surface area contributed by atoms with E-state index < -0.39 is 0 Å². The fourth-order valence-electron chi connectivity index (χ4n) is 2.33. The van der Waals surface area contributed by atoms with Crippen LogP contribution in [0.5, 0.6) is 5.75 Å². The largest absolute Gasteiger partial charge is 0.507 e. The van der Waals surface area contributed by atoms with Crippen LogP contribution in [0.25, 0.3) is 20.8 Å². The molecule has 0 aliphatic carbocycles. The monoisotopic (exact) mass is 326 g/mol. The number of phenolic OH excluding ortho intramolecular Hbond substituents is 1. The Morgan fingerprint density at radius 2 is 2.09 bits per heavy atom. The highest BCUT2D eigenvalue weighted by Crippen LogP contribution is 2.36. The van der Waals surface area contributed by atoms with Crippen molar-refractivity contribution >= 4 is 33.1 Å². The van der Waals surface area contributed by atoms with Gasteiger partial charge in [0.25, 0.3) is 0 Å². The summed E-state index contributed by atoms with van der Waals surface area (Å²) in [5.74, 6) is 0.156. The van der Waals surface area contributed by atoms with Gasteiger partial charge < -0.3 is 10.4 Å². The number of aromatic nitrogens is 1. The first-order valence-corrected chi connectivity index (χ1v) is 8.48. The number of aromatic hydroxyl groups is 1. The summed E-state index contributed by atoms with van der Waals surface area (Å²) < 4.78 is 1.07. The van der Waals surface area contributed by atoms with E-state index in [2.05, 4.69) is 17.2 Å². The number of amides is 1. The average molecular weight is 326 g/mol. The van der Waals surface area contributed by atoms with Gasteiger partial charge in [0, 0.05) is 12.1 Å². The molecule has 0 bridgehead atoms. The number of thiazole rings is 1. The van der Waals surface area contributed by atoms with E-state index in [0.717, 1.165) is 28.1 Å². The van der Waals surface area contributed by atoms with Crippen LogP contribution in [0, 0.1) is 0 Å². The Morgan fingerprint density at radius 1 is 1.26 bits per heavy atom. The molecule has 1 aromatic heterocycles. The maximum Gasteiger partial charge on any atom is 0.224 e. The Labute approximate surface area is 138 Å². The van der Waals surface area contributed by atoms with Crippen LogP contribution in [0.2, 0.25) is 0 Å². The Morgan fingerprint density at radius 3 is 2.87 bits per heavy atom. The summed E-state index contributed by atoms with van der Waals surface area (Å²) in [5.41, 5.74) is 2.22. The number of hydrogen-bond acceptors (Lipinski definition) is 4. The van der Waals surface area contributed by atoms with Crippen LogP contribution in [-0.2, 0) is 4.79 Å². The van der Waals surface area contributed by atoms with Crippen molar-refractivity contribution in [2.75, 3.05) is 5.32 Å². The summed E-state index contributed by atoms with van der Waals surface area (Å²) >= 11 is 1.52. The Bertz CT molecular complexity index is 809. The molecule has 0 atom stereocenters. The lowest BCUT2D eigenvalue weighted by Crippen LogP contribution is -2.10. The van der Waals surface area contributed by atoms with E-state index in [9.17, 15) is 9.90 Å². The number of nitrogens with one attached hydrogen (secondary N) is 1. The van der Waals surface area contributed by atoms with Crippen molar-refractivity contribution in [1.82, 2.24) is 4.98 Å². The van der Waals surface area contributed by atoms with Gasteiger partial charge in [-0.2, -0.15) is 0 Å². The maximum absolute atomic E-state index is 11.9. The summed E-state index contributed by atoms with van der Waals surface area (Å²) in [5, 5.41) is 13.8. The van der Waals surface area contributed by atoms with Crippen LogP contribution in [0.4, 0.5) is 5.69 Å². The molecule has 2 N–H and O–H groups in total. The molecule has 0 unspecified atom stereocenters. The third-order valence-electron chi connectivity index (χ3n) is 3.56. The Hall–Kier alpha value is -2.40. The van der Waals surface area contributed by atoms with Crippen molar-refractivity contribution in [2.24, 2.45) is 0 Å². The first-order chi connectivity index (χ1) is 11.2. The van der Waals surface area contributed by atoms with E-state index in [-0.39, 0.29) is 11.7 Å². The molecule has 3 aromatic rings. The number of phenols is 1. The summed E-state index contributed by atoms with van der Waals surface area (Å²) in [6.45, 7) is 2.05. The number of carbonyl (C=O) groups excluding carboxylic acids is 1. The zero-order valence-corrected chi connectivity index (χ0v) is 13.7. The van der Waals surface area contributed by atoms with E-state index in [1.165, 1.54) is 11.3 Å². The number of anilines is 1. The van der Waals surface area contributed by atoms with E-state index in [0.29, 0.717) is 17.7 Å². The molecular formula is C18H18N2O2S. The van der Waals surface area contributed by atoms with E-state index in [1.807, 2.05) is 24.3 Å². The molecule has 1 heterocycles. The first kappa shape index (κ1) is 15.5. The van der Waals surface area contributed by atoms with Crippen molar-refractivity contribution in [2.45, 2.75) is 26.2 Å². The SMILES string of the molecule is CCCCC(=O)Nc1ccc(O)c(-c2nc3ccccc3s2)c1. The van der Waals surface area contributed by atoms with Crippen LogP contribution in [0.3, 0.4) is 0 Å². The first-order valence-electron chi connectivity index (χ1n) is 7.66. The highest BCUT2D eigenvalue weighted by atomic mass is 32.1. The van der Waals surface area contributed by atoms with Gasteiger partial charge in [0.05, 0.1) is 15.8 Å². The van der Waals surface area contributed by atoms with Crippen LogP contribution >= 0.6 is 11.3 Å². The molecule has 0 saturated heterocycles. The molecule has 2 aromatic carbocycles. The molecule has 5 heteroatoms. The predicted octanol–water partition coefficient (Wildman–Crippen LogP) is 4.80. The van der Waals surface area contributed by atoms with Crippen molar-refractivity contribution in [3.8, 4) is 16.3 Å². The van der Waals surface area contributed by atoms with Gasteiger partial charge in [-0.1, -0.05) is 25.5 Å². The zero-order chi connectivity index (χ0) is 16.2. The molecule has 0 saturated carbocycles. The second kappa shape index (κ2) is 6.79. The number of unbranched alkanes of at least 4 members (excludes halogenated alkanes) is 1. The van der Waals surface area contributed by atoms with E-state index in [4.69, 9.17) is 0 Å². The number of nitrogens with zero attached hydrogens (tertiary/aromatic N) is 1. The molecule has 0 aliphatic heterocycles. The number of rotatable bonds is 5. The topological polar surface area (TPSA) is 62.2 Å². The van der Waals surface area contributed by atoms with Crippen molar-refractivity contribution < 1.29 is 9.90 Å². The summed E-state index contributed by atoms with van der Waals surface area (Å²) in [6.07, 6.45) is 2.36. The Balaban J connectivity index is 1.89. The third-order valence-corrected chi connectivity index (χ3v) is 4.63. The second-order valence-corrected chi connectivity index (χ2v) is 6.40. The van der Waals surface area contributed by atoms with Crippen molar-refractivity contribution in [3.05, 3.63) is 42.5 Å². The van der Waals surface area contributed by atoms with Gasteiger partial charge in [0.1, 0.15) is 10.8 Å². The lowest BCUT2D eigenvalue weighted by Gasteiger charge is -2.07. The lowest BCUT2D eigenvalue weighted by molar-refractivity contribution is -0.116. The average Bonchev–Trinajstić information content (AvgIpc) is 2.98. The van der Waals surface area contributed by atoms with Crippen LogP contribution in [0.15, 0.2) is 42.5 Å². The summed E-state index contributed by atoms with van der Waals surface area (Å²) in [7, 11) is 0. The van der Waals surface area contributed by atoms with Gasteiger partial charge in [-0.15, -0.1) is 11.3 Å². The van der Waals surface area contributed by atoms with E-state index >= 15 is 0 Å². The third kappa shape index (κ3) is 3.51. The number of para-hydroxylation sites is 1. The van der Waals surface area contributed by atoms with Crippen LogP contribution < -0.4 is 5.32 Å². The lowest BCUT2D eigenvalue weighted by atomic mass is 10.1. The van der Waals surface area contributed by atoms with Gasteiger partial charge >= 0.3 is 0 Å². The minimum Gasteiger partial charge on any atom is -0.507 e. The summed E-state index contributed by atoms with van der Waals surface area (Å²) in [4.78, 5) is 16.4. The predicted molar refractivity (Wildman–Crippen MR) is 94.9 cm³/mol. The molecule has 118 valence electrons. The summed E-state index contributed by atoms with van der Waals surface area (Å²) in [6, 6.07) is 12.9. The molecule has 0 aliphatic rings. The highest BCUT2D eigenvalue weighted by Gasteiger charge is 2.12. The van der Waals surface area contributed by atoms with E-state index in [1.54, 1.807) is 18.2 Å². The van der Waals surface area contributed by atoms with Gasteiger partial charge in [-0.3, -0.25) is 4.79 Å². The molecular weight excluding hydrogens is 308 g/mol. The zero-order valence-electron chi connectivity index (χ0n) is 12.9. The van der Waals surface area contributed by atoms with Gasteiger partial charge in [-0.05, 0) is 36.8 Å². The van der Waals surface area contributed by atoms with Crippen LogP contribution in [-0.4, -0.2) is 16.0 Å². The van der Waals surface area contributed by atoms with Crippen molar-refractivity contribution in [3.63, 3.8) is 0 Å². The maximum atomic E-state index is 11.9. The fraction of sp³-hybridized carbons (Fsp3) is 0.222. The van der Waals surface area contributed by atoms with Crippen molar-refractivity contribution in [1.29, 1.82) is 0 Å². The normalized spacial score (nSPS) is 10.8. The molecule has 1 amide bonds. The minimum absolute atomic E-state index is 0.00668. The molecule has 4 nitrogen and oxygen atoms in total. The molecule has 0 spiro atoms. The Kier molecular flexibility index (Phi) is 4.57. The molecule has 3 rings (SSSR count). The van der Waals surface area contributed by atoms with Gasteiger partial charge in [0.15, 0.2) is 0 Å². The van der Waals surface area contributed by atoms with Gasteiger partial charge in [-0.25, -0.2) is 4.98 Å². The minimum atomic E-state index is -0.00668. The fourth-order valence-corrected chi connectivity index (χ4v) is 3.32. The molecule has 0 radical (unpaired) electrons. The quantitative estimate of drug-likeness (QED) is 0.662. The highest BCUT2D eigenvalue weighted by molar-refractivity contribution is 7.21. The smallest absolute Gasteiger partial charge is 0.224 e. The second-order valence-electron chi connectivity index (χ2n) is 5.37.